The zero-order chi connectivity index (χ0) is 21.1. The molecule has 160 valence electrons. The fourth-order valence-electron chi connectivity index (χ4n) is 4.56. The van der Waals surface area contributed by atoms with Crippen molar-refractivity contribution in [1.82, 2.24) is 4.90 Å². The van der Waals surface area contributed by atoms with E-state index in [9.17, 15) is 9.59 Å². The molecule has 1 unspecified atom stereocenters. The molecule has 4 rings (SSSR count). The summed E-state index contributed by atoms with van der Waals surface area (Å²) in [6.45, 7) is 4.19. The number of amides is 1. The molecule has 2 aliphatic heterocycles. The standard InChI is InChI=1S/C24H29NO5/c1-24(10-4-3-5-11-24)21-16-30-20-13-17(23(27)28-2)8-9-18(20)14-25(21)22(26)19-7-6-12-29-15-19/h3-5,8-10,13,19,21H,6-7,11-12,14-16H2,1-2H3/t19-,21+,24?/m0/s1. The molecule has 3 atom stereocenters. The van der Waals surface area contributed by atoms with Crippen LogP contribution in [0.25, 0.3) is 0 Å². The van der Waals surface area contributed by atoms with Gasteiger partial charge in [-0.1, -0.05) is 37.3 Å². The number of esters is 1. The van der Waals surface area contributed by atoms with E-state index in [0.29, 0.717) is 31.1 Å². The molecule has 1 saturated heterocycles. The number of nitrogens with zero attached hydrogens (tertiary/aromatic N) is 1. The maximum atomic E-state index is 13.6. The zero-order valence-corrected chi connectivity index (χ0v) is 17.6. The Hall–Kier alpha value is -2.60. The van der Waals surface area contributed by atoms with E-state index in [-0.39, 0.29) is 23.3 Å². The highest BCUT2D eigenvalue weighted by atomic mass is 16.5. The second-order valence-corrected chi connectivity index (χ2v) is 8.52. The van der Waals surface area contributed by atoms with Crippen molar-refractivity contribution in [2.75, 3.05) is 26.9 Å². The number of fused-ring (bicyclic) bond motifs is 1. The molecule has 2 heterocycles. The van der Waals surface area contributed by atoms with Crippen LogP contribution in [-0.2, 0) is 20.8 Å². The third kappa shape index (κ3) is 4.01. The normalized spacial score (nSPS) is 28.3. The summed E-state index contributed by atoms with van der Waals surface area (Å²) in [5.74, 6) is 0.236. The third-order valence-electron chi connectivity index (χ3n) is 6.44. The van der Waals surface area contributed by atoms with Gasteiger partial charge >= 0.3 is 5.97 Å². The van der Waals surface area contributed by atoms with Crippen molar-refractivity contribution in [3.63, 3.8) is 0 Å². The van der Waals surface area contributed by atoms with Crippen LogP contribution in [0.4, 0.5) is 0 Å². The topological polar surface area (TPSA) is 65.1 Å². The molecule has 0 N–H and O–H groups in total. The molecule has 0 radical (unpaired) electrons. The van der Waals surface area contributed by atoms with Crippen molar-refractivity contribution < 1.29 is 23.8 Å². The van der Waals surface area contributed by atoms with Gasteiger partial charge in [0.2, 0.25) is 5.91 Å². The maximum absolute atomic E-state index is 13.6. The molecule has 0 spiro atoms. The zero-order valence-electron chi connectivity index (χ0n) is 17.6. The molecule has 0 saturated carbocycles. The van der Waals surface area contributed by atoms with E-state index in [0.717, 1.165) is 31.4 Å². The van der Waals surface area contributed by atoms with E-state index in [1.54, 1.807) is 12.1 Å². The van der Waals surface area contributed by atoms with Gasteiger partial charge < -0.3 is 19.1 Å². The highest BCUT2D eigenvalue weighted by Gasteiger charge is 2.42. The lowest BCUT2D eigenvalue weighted by molar-refractivity contribution is -0.145. The fourth-order valence-corrected chi connectivity index (χ4v) is 4.56. The predicted molar refractivity (Wildman–Crippen MR) is 112 cm³/mol. The molecule has 0 aromatic heterocycles. The van der Waals surface area contributed by atoms with Crippen molar-refractivity contribution in [3.05, 3.63) is 53.6 Å². The second kappa shape index (κ2) is 8.64. The van der Waals surface area contributed by atoms with Crippen LogP contribution in [0.3, 0.4) is 0 Å². The van der Waals surface area contributed by atoms with Gasteiger partial charge in [0.15, 0.2) is 0 Å². The van der Waals surface area contributed by atoms with E-state index in [1.807, 2.05) is 23.1 Å². The molecule has 6 nitrogen and oxygen atoms in total. The number of rotatable bonds is 3. The van der Waals surface area contributed by atoms with Gasteiger partial charge in [0.25, 0.3) is 0 Å². The van der Waals surface area contributed by atoms with E-state index >= 15 is 0 Å². The maximum Gasteiger partial charge on any atom is 0.337 e. The van der Waals surface area contributed by atoms with E-state index in [2.05, 4.69) is 19.1 Å². The number of benzene rings is 1. The smallest absolute Gasteiger partial charge is 0.337 e. The predicted octanol–water partition coefficient (Wildman–Crippen LogP) is 3.51. The quantitative estimate of drug-likeness (QED) is 0.712. The molecule has 1 fully saturated rings. The Balaban J connectivity index is 1.68. The average Bonchev–Trinajstić information content (AvgIpc) is 2.98. The summed E-state index contributed by atoms with van der Waals surface area (Å²) < 4.78 is 16.6. The number of allylic oxidation sites excluding steroid dienone is 3. The van der Waals surface area contributed by atoms with Crippen molar-refractivity contribution in [2.24, 2.45) is 11.3 Å². The number of carbonyl (C=O) groups is 2. The Bertz CT molecular complexity index is 870. The van der Waals surface area contributed by atoms with Gasteiger partial charge in [-0.05, 0) is 31.4 Å². The van der Waals surface area contributed by atoms with E-state index in [1.165, 1.54) is 7.11 Å². The van der Waals surface area contributed by atoms with Gasteiger partial charge in [0, 0.05) is 24.1 Å². The fraction of sp³-hybridized carbons (Fsp3) is 0.500. The van der Waals surface area contributed by atoms with E-state index in [4.69, 9.17) is 14.2 Å². The van der Waals surface area contributed by atoms with Crippen LogP contribution >= 0.6 is 0 Å². The monoisotopic (exact) mass is 411 g/mol. The Labute approximate surface area is 177 Å². The number of ether oxygens (including phenoxy) is 3. The average molecular weight is 411 g/mol. The minimum atomic E-state index is -0.401. The number of hydrogen-bond donors (Lipinski definition) is 0. The Morgan fingerprint density at radius 2 is 2.10 bits per heavy atom. The van der Waals surface area contributed by atoms with Gasteiger partial charge in [-0.25, -0.2) is 4.79 Å². The number of carbonyl (C=O) groups excluding carboxylic acids is 2. The lowest BCUT2D eigenvalue weighted by Crippen LogP contribution is -2.53. The largest absolute Gasteiger partial charge is 0.491 e. The van der Waals surface area contributed by atoms with Gasteiger partial charge in [0.1, 0.15) is 12.4 Å². The summed E-state index contributed by atoms with van der Waals surface area (Å²) in [7, 11) is 1.36. The summed E-state index contributed by atoms with van der Waals surface area (Å²) in [4.78, 5) is 27.5. The van der Waals surface area contributed by atoms with Crippen LogP contribution in [-0.4, -0.2) is 49.7 Å². The minimum absolute atomic E-state index is 0.121. The van der Waals surface area contributed by atoms with E-state index < -0.39 is 5.97 Å². The summed E-state index contributed by atoms with van der Waals surface area (Å²) in [6.07, 6.45) is 11.0. The molecule has 1 amide bonds. The molecule has 30 heavy (non-hydrogen) atoms. The van der Waals surface area contributed by atoms with Gasteiger partial charge in [-0.3, -0.25) is 4.79 Å². The van der Waals surface area contributed by atoms with Crippen LogP contribution in [0.1, 0.15) is 42.1 Å². The lowest BCUT2D eigenvalue weighted by Gasteiger charge is -2.43. The first-order valence-corrected chi connectivity index (χ1v) is 10.6. The molecular formula is C24H29NO5. The molecule has 1 aromatic carbocycles. The van der Waals surface area contributed by atoms with Crippen LogP contribution in [0.5, 0.6) is 5.75 Å². The number of hydrogen-bond acceptors (Lipinski definition) is 5. The van der Waals surface area contributed by atoms with Gasteiger partial charge in [-0.2, -0.15) is 0 Å². The SMILES string of the molecule is COC(=O)c1ccc2c(c1)OC[C@H](C1(C)C=CC=CC1)N(C(=O)[C@H]1CCCOC1)C2. The lowest BCUT2D eigenvalue weighted by atomic mass is 9.76. The van der Waals surface area contributed by atoms with Crippen LogP contribution < -0.4 is 4.74 Å². The second-order valence-electron chi connectivity index (χ2n) is 8.52. The Morgan fingerprint density at radius 3 is 2.80 bits per heavy atom. The number of methoxy groups -OCH3 is 1. The van der Waals surface area contributed by atoms with Crippen molar-refractivity contribution in [2.45, 2.75) is 38.8 Å². The third-order valence-corrected chi connectivity index (χ3v) is 6.44. The first-order chi connectivity index (χ1) is 14.5. The van der Waals surface area contributed by atoms with Gasteiger partial charge in [-0.15, -0.1) is 0 Å². The molecule has 0 bridgehead atoms. The minimum Gasteiger partial charge on any atom is -0.491 e. The summed E-state index contributed by atoms with van der Waals surface area (Å²) in [6, 6.07) is 5.18. The van der Waals surface area contributed by atoms with Crippen LogP contribution in [0.2, 0.25) is 0 Å². The van der Waals surface area contributed by atoms with Gasteiger partial charge in [0.05, 0.1) is 31.2 Å². The molecular weight excluding hydrogens is 382 g/mol. The molecule has 1 aromatic rings. The Morgan fingerprint density at radius 1 is 1.23 bits per heavy atom. The van der Waals surface area contributed by atoms with Crippen molar-refractivity contribution in [1.29, 1.82) is 0 Å². The first kappa shape index (κ1) is 20.7. The Kier molecular flexibility index (Phi) is 5.95. The summed E-state index contributed by atoms with van der Waals surface area (Å²) in [5.41, 5.74) is 1.11. The molecule has 1 aliphatic carbocycles. The van der Waals surface area contributed by atoms with Crippen LogP contribution in [0, 0.1) is 11.3 Å². The summed E-state index contributed by atoms with van der Waals surface area (Å²) in [5, 5.41) is 0. The molecule has 3 aliphatic rings. The summed E-state index contributed by atoms with van der Waals surface area (Å²) >= 11 is 0. The highest BCUT2D eigenvalue weighted by Crippen LogP contribution is 2.39. The molecule has 6 heteroatoms. The highest BCUT2D eigenvalue weighted by molar-refractivity contribution is 5.90. The van der Waals surface area contributed by atoms with Crippen molar-refractivity contribution in [3.8, 4) is 5.75 Å². The van der Waals surface area contributed by atoms with Crippen molar-refractivity contribution >= 4 is 11.9 Å². The van der Waals surface area contributed by atoms with Crippen LogP contribution in [0.15, 0.2) is 42.5 Å². The first-order valence-electron chi connectivity index (χ1n) is 10.6.